The van der Waals surface area contributed by atoms with Crippen LogP contribution in [0.15, 0.2) is 0 Å². The second-order valence-corrected chi connectivity index (χ2v) is 3.83. The van der Waals surface area contributed by atoms with E-state index in [4.69, 9.17) is 9.84 Å². The molecule has 1 rings (SSSR count). The van der Waals surface area contributed by atoms with Crippen LogP contribution >= 0.6 is 0 Å². The lowest BCUT2D eigenvalue weighted by Gasteiger charge is -2.10. The molecule has 2 unspecified atom stereocenters. The quantitative estimate of drug-likeness (QED) is 0.644. The van der Waals surface area contributed by atoms with Crippen LogP contribution in [0, 0.1) is 11.8 Å². The smallest absolute Gasteiger partial charge is 0.306 e. The van der Waals surface area contributed by atoms with E-state index in [1.54, 1.807) is 7.11 Å². The number of amides is 1. The van der Waals surface area contributed by atoms with E-state index in [0.717, 1.165) is 0 Å². The van der Waals surface area contributed by atoms with Gasteiger partial charge >= 0.3 is 5.97 Å². The molecule has 0 aromatic carbocycles. The zero-order valence-corrected chi connectivity index (χ0v) is 8.86. The molecule has 1 saturated carbocycles. The summed E-state index contributed by atoms with van der Waals surface area (Å²) in [5.74, 6) is -1.32. The highest BCUT2D eigenvalue weighted by molar-refractivity contribution is 5.80. The first-order valence-corrected chi connectivity index (χ1v) is 5.14. The van der Waals surface area contributed by atoms with E-state index < -0.39 is 5.97 Å². The van der Waals surface area contributed by atoms with Crippen LogP contribution in [-0.4, -0.2) is 37.2 Å². The summed E-state index contributed by atoms with van der Waals surface area (Å²) < 4.78 is 4.81. The third-order valence-electron chi connectivity index (χ3n) is 2.76. The molecular formula is C10H17NO4. The first-order valence-electron chi connectivity index (χ1n) is 5.14. The van der Waals surface area contributed by atoms with Gasteiger partial charge in [-0.15, -0.1) is 0 Å². The summed E-state index contributed by atoms with van der Waals surface area (Å²) in [5.41, 5.74) is 0. The lowest BCUT2D eigenvalue weighted by Crippen LogP contribution is -2.32. The molecule has 5 nitrogen and oxygen atoms in total. The van der Waals surface area contributed by atoms with Crippen LogP contribution in [0.5, 0.6) is 0 Å². The Bertz CT molecular complexity index is 242. The fraction of sp³-hybridized carbons (Fsp3) is 0.800. The van der Waals surface area contributed by atoms with Gasteiger partial charge < -0.3 is 15.2 Å². The second kappa shape index (κ2) is 5.70. The van der Waals surface area contributed by atoms with E-state index in [1.165, 1.54) is 0 Å². The number of aliphatic carboxylic acids is 1. The van der Waals surface area contributed by atoms with E-state index in [9.17, 15) is 9.59 Å². The standard InChI is InChI=1S/C10H17NO4/c1-15-5-4-11-9(12)7-2-3-8(6-7)10(13)14/h7-8H,2-6H2,1H3,(H,11,12)(H,13,14). The Morgan fingerprint density at radius 1 is 1.40 bits per heavy atom. The third-order valence-corrected chi connectivity index (χ3v) is 2.76. The Morgan fingerprint density at radius 2 is 2.07 bits per heavy atom. The van der Waals surface area contributed by atoms with Gasteiger partial charge in [-0.05, 0) is 19.3 Å². The minimum atomic E-state index is -0.790. The van der Waals surface area contributed by atoms with Gasteiger partial charge in [-0.25, -0.2) is 0 Å². The summed E-state index contributed by atoms with van der Waals surface area (Å²) >= 11 is 0. The minimum Gasteiger partial charge on any atom is -0.481 e. The molecule has 0 aromatic heterocycles. The molecule has 0 bridgehead atoms. The predicted molar refractivity (Wildman–Crippen MR) is 53.4 cm³/mol. The Labute approximate surface area is 88.8 Å². The van der Waals surface area contributed by atoms with Gasteiger partial charge in [0.15, 0.2) is 0 Å². The van der Waals surface area contributed by atoms with E-state index in [-0.39, 0.29) is 17.7 Å². The maximum absolute atomic E-state index is 11.5. The normalized spacial score (nSPS) is 25.1. The molecule has 15 heavy (non-hydrogen) atoms. The molecule has 0 spiro atoms. The lowest BCUT2D eigenvalue weighted by molar-refractivity contribution is -0.141. The van der Waals surface area contributed by atoms with Crippen molar-refractivity contribution >= 4 is 11.9 Å². The van der Waals surface area contributed by atoms with Crippen molar-refractivity contribution in [3.05, 3.63) is 0 Å². The number of carbonyl (C=O) groups is 2. The Kier molecular flexibility index (Phi) is 4.55. The number of rotatable bonds is 5. The van der Waals surface area contributed by atoms with Gasteiger partial charge in [0.25, 0.3) is 0 Å². The number of carboxylic acids is 1. The molecule has 0 aliphatic heterocycles. The average molecular weight is 215 g/mol. The van der Waals surface area contributed by atoms with Crippen molar-refractivity contribution in [1.29, 1.82) is 0 Å². The highest BCUT2D eigenvalue weighted by Crippen LogP contribution is 2.30. The molecule has 2 atom stereocenters. The predicted octanol–water partition coefficient (Wildman–Crippen LogP) is 0.250. The second-order valence-electron chi connectivity index (χ2n) is 3.83. The molecule has 0 heterocycles. The molecule has 5 heteroatoms. The molecule has 1 amide bonds. The number of carbonyl (C=O) groups excluding carboxylic acids is 1. The zero-order valence-electron chi connectivity index (χ0n) is 8.86. The zero-order chi connectivity index (χ0) is 11.3. The van der Waals surface area contributed by atoms with E-state index in [0.29, 0.717) is 32.4 Å². The number of ether oxygens (including phenoxy) is 1. The third kappa shape index (κ3) is 3.51. The molecule has 0 saturated heterocycles. The van der Waals surface area contributed by atoms with Crippen LogP contribution in [0.4, 0.5) is 0 Å². The molecule has 1 fully saturated rings. The molecule has 0 aromatic rings. The number of methoxy groups -OCH3 is 1. The summed E-state index contributed by atoms with van der Waals surface area (Å²) in [6.45, 7) is 0.977. The SMILES string of the molecule is COCCNC(=O)C1CCC(C(=O)O)C1. The summed E-state index contributed by atoms with van der Waals surface area (Å²) in [6.07, 6.45) is 1.75. The molecule has 86 valence electrons. The minimum absolute atomic E-state index is 0.0456. The van der Waals surface area contributed by atoms with Crippen molar-refractivity contribution in [2.45, 2.75) is 19.3 Å². The number of hydrogen-bond donors (Lipinski definition) is 2. The summed E-state index contributed by atoms with van der Waals surface area (Å²) in [6, 6.07) is 0. The first kappa shape index (κ1) is 12.0. The molecule has 0 radical (unpaired) electrons. The maximum atomic E-state index is 11.5. The van der Waals surface area contributed by atoms with Gasteiger partial charge in [0.1, 0.15) is 0 Å². The summed E-state index contributed by atoms with van der Waals surface area (Å²) in [4.78, 5) is 22.2. The fourth-order valence-corrected chi connectivity index (χ4v) is 1.86. The van der Waals surface area contributed by atoms with Gasteiger partial charge in [-0.2, -0.15) is 0 Å². The average Bonchev–Trinajstić information content (AvgIpc) is 2.66. The van der Waals surface area contributed by atoms with Gasteiger partial charge in [-0.1, -0.05) is 0 Å². The maximum Gasteiger partial charge on any atom is 0.306 e. The summed E-state index contributed by atoms with van der Waals surface area (Å²) in [5, 5.41) is 11.5. The van der Waals surface area contributed by atoms with Crippen molar-refractivity contribution in [1.82, 2.24) is 5.32 Å². The van der Waals surface area contributed by atoms with Crippen molar-refractivity contribution in [3.8, 4) is 0 Å². The van der Waals surface area contributed by atoms with E-state index in [1.807, 2.05) is 0 Å². The molecule has 1 aliphatic carbocycles. The van der Waals surface area contributed by atoms with Gasteiger partial charge in [0.05, 0.1) is 12.5 Å². The van der Waals surface area contributed by atoms with Crippen molar-refractivity contribution in [2.75, 3.05) is 20.3 Å². The topological polar surface area (TPSA) is 75.6 Å². The van der Waals surface area contributed by atoms with E-state index >= 15 is 0 Å². The van der Waals surface area contributed by atoms with Crippen molar-refractivity contribution < 1.29 is 19.4 Å². The lowest BCUT2D eigenvalue weighted by atomic mass is 10.0. The number of carboxylic acid groups (broad SMARTS) is 1. The van der Waals surface area contributed by atoms with Crippen LogP contribution < -0.4 is 5.32 Å². The van der Waals surface area contributed by atoms with Crippen molar-refractivity contribution in [3.63, 3.8) is 0 Å². The van der Waals surface area contributed by atoms with Crippen LogP contribution in [0.2, 0.25) is 0 Å². The molecular weight excluding hydrogens is 198 g/mol. The Balaban J connectivity index is 2.27. The highest BCUT2D eigenvalue weighted by atomic mass is 16.5. The van der Waals surface area contributed by atoms with Crippen LogP contribution in [0.3, 0.4) is 0 Å². The van der Waals surface area contributed by atoms with Crippen LogP contribution in [0.1, 0.15) is 19.3 Å². The van der Waals surface area contributed by atoms with Gasteiger partial charge in [0, 0.05) is 19.6 Å². The Hall–Kier alpha value is -1.10. The Morgan fingerprint density at radius 3 is 2.60 bits per heavy atom. The number of nitrogens with one attached hydrogen (secondary N) is 1. The highest BCUT2D eigenvalue weighted by Gasteiger charge is 2.33. The first-order chi connectivity index (χ1) is 7.15. The number of hydrogen-bond acceptors (Lipinski definition) is 3. The van der Waals surface area contributed by atoms with Crippen LogP contribution in [0.25, 0.3) is 0 Å². The molecule has 1 aliphatic rings. The monoisotopic (exact) mass is 215 g/mol. The largest absolute Gasteiger partial charge is 0.481 e. The van der Waals surface area contributed by atoms with Crippen LogP contribution in [-0.2, 0) is 14.3 Å². The fourth-order valence-electron chi connectivity index (χ4n) is 1.86. The van der Waals surface area contributed by atoms with Gasteiger partial charge in [-0.3, -0.25) is 9.59 Å². The molecule has 2 N–H and O–H groups in total. The van der Waals surface area contributed by atoms with Crippen molar-refractivity contribution in [2.24, 2.45) is 11.8 Å². The van der Waals surface area contributed by atoms with Gasteiger partial charge in [0.2, 0.25) is 5.91 Å². The van der Waals surface area contributed by atoms with E-state index in [2.05, 4.69) is 5.32 Å². The summed E-state index contributed by atoms with van der Waals surface area (Å²) in [7, 11) is 1.57.